The van der Waals surface area contributed by atoms with Gasteiger partial charge in [-0.15, -0.1) is 0 Å². The number of nitrogens with zero attached hydrogens (tertiary/aromatic N) is 2. The van der Waals surface area contributed by atoms with E-state index in [-0.39, 0.29) is 17.0 Å². The van der Waals surface area contributed by atoms with Crippen molar-refractivity contribution in [2.24, 2.45) is 16.3 Å². The fourth-order valence-electron chi connectivity index (χ4n) is 4.35. The van der Waals surface area contributed by atoms with Crippen LogP contribution in [-0.2, 0) is 0 Å². The van der Waals surface area contributed by atoms with Gasteiger partial charge < -0.3 is 15.0 Å². The zero-order valence-corrected chi connectivity index (χ0v) is 19.5. The molecule has 1 aromatic rings. The molecule has 2 fully saturated rings. The van der Waals surface area contributed by atoms with E-state index in [2.05, 4.69) is 44.8 Å². The molecule has 1 aliphatic heterocycles. The highest BCUT2D eigenvalue weighted by molar-refractivity contribution is 7.80. The van der Waals surface area contributed by atoms with E-state index in [1.807, 2.05) is 30.3 Å². The Morgan fingerprint density at radius 1 is 1.14 bits per heavy atom. The van der Waals surface area contributed by atoms with Gasteiger partial charge in [0.15, 0.2) is 5.11 Å². The van der Waals surface area contributed by atoms with Gasteiger partial charge in [-0.3, -0.25) is 4.99 Å². The van der Waals surface area contributed by atoms with Gasteiger partial charge in [0.25, 0.3) is 0 Å². The monoisotopic (exact) mass is 415 g/mol. The summed E-state index contributed by atoms with van der Waals surface area (Å²) in [6.45, 7) is 12.8. The highest BCUT2D eigenvalue weighted by Gasteiger charge is 2.49. The van der Waals surface area contributed by atoms with Gasteiger partial charge in [-0.25, -0.2) is 0 Å². The third-order valence-corrected chi connectivity index (χ3v) is 6.41. The molecule has 0 radical (unpaired) electrons. The largest absolute Gasteiger partial charge is 0.491 e. The molecule has 1 atom stereocenters. The lowest BCUT2D eigenvalue weighted by atomic mass is 9.79. The van der Waals surface area contributed by atoms with Crippen molar-refractivity contribution in [2.45, 2.75) is 78.3 Å². The molecule has 1 saturated carbocycles. The van der Waals surface area contributed by atoms with Crippen LogP contribution in [0, 0.1) is 11.3 Å². The van der Waals surface area contributed by atoms with Gasteiger partial charge in [-0.1, -0.05) is 72.1 Å². The molecule has 160 valence electrons. The summed E-state index contributed by atoms with van der Waals surface area (Å²) in [5, 5.41) is 4.37. The number of thiocarbonyl (C=S) groups is 1. The zero-order valence-electron chi connectivity index (χ0n) is 18.7. The van der Waals surface area contributed by atoms with E-state index < -0.39 is 0 Å². The van der Waals surface area contributed by atoms with E-state index in [1.54, 1.807) is 0 Å². The van der Waals surface area contributed by atoms with Crippen LogP contribution in [0.2, 0.25) is 0 Å². The van der Waals surface area contributed by atoms with E-state index in [0.29, 0.717) is 12.5 Å². The highest BCUT2D eigenvalue weighted by Crippen LogP contribution is 2.39. The molecule has 0 bridgehead atoms. The first-order valence-electron chi connectivity index (χ1n) is 11.1. The average molecular weight is 416 g/mol. The fourth-order valence-corrected chi connectivity index (χ4v) is 4.70. The van der Waals surface area contributed by atoms with Crippen molar-refractivity contribution < 1.29 is 4.74 Å². The van der Waals surface area contributed by atoms with Gasteiger partial charge in [0, 0.05) is 6.54 Å². The molecule has 1 saturated heterocycles. The smallest absolute Gasteiger partial charge is 0.175 e. The lowest BCUT2D eigenvalue weighted by Crippen LogP contribution is -2.52. The normalized spacial score (nSPS) is 21.7. The van der Waals surface area contributed by atoms with Crippen molar-refractivity contribution in [1.82, 2.24) is 10.2 Å². The molecule has 0 aromatic heterocycles. The van der Waals surface area contributed by atoms with Crippen LogP contribution in [0.5, 0.6) is 5.75 Å². The second kappa shape index (κ2) is 9.03. The number of hydrogen-bond donors (Lipinski definition) is 1. The summed E-state index contributed by atoms with van der Waals surface area (Å²) in [7, 11) is 0. The number of para-hydroxylation sites is 1. The number of aliphatic imine (C=N–C) groups is 1. The fraction of sp³-hybridized carbons (Fsp3) is 0.667. The van der Waals surface area contributed by atoms with E-state index in [1.165, 1.54) is 19.3 Å². The Morgan fingerprint density at radius 2 is 1.79 bits per heavy atom. The number of nitrogens with one attached hydrogen (secondary N) is 1. The van der Waals surface area contributed by atoms with E-state index in [0.717, 1.165) is 36.1 Å². The molecule has 1 heterocycles. The number of ether oxygens (including phenoxy) is 1. The summed E-state index contributed by atoms with van der Waals surface area (Å²) >= 11 is 5.78. The molecular formula is C24H37N3OS. The predicted molar refractivity (Wildman–Crippen MR) is 126 cm³/mol. The Hall–Kier alpha value is -1.62. The molecular weight excluding hydrogens is 378 g/mol. The summed E-state index contributed by atoms with van der Waals surface area (Å²) in [4.78, 5) is 7.73. The summed E-state index contributed by atoms with van der Waals surface area (Å²) in [6, 6.07) is 10.1. The lowest BCUT2D eigenvalue weighted by molar-refractivity contribution is 0.178. The van der Waals surface area contributed by atoms with Crippen LogP contribution in [0.15, 0.2) is 35.3 Å². The molecule has 5 heteroatoms. The minimum Gasteiger partial charge on any atom is -0.491 e. The van der Waals surface area contributed by atoms with E-state index in [4.69, 9.17) is 21.9 Å². The third-order valence-electron chi connectivity index (χ3n) is 6.09. The minimum atomic E-state index is -0.0597. The molecule has 1 N–H and O–H groups in total. The first kappa shape index (κ1) is 22.1. The van der Waals surface area contributed by atoms with Crippen molar-refractivity contribution in [3.05, 3.63) is 30.3 Å². The third kappa shape index (κ3) is 5.11. The number of benzene rings is 1. The maximum absolute atomic E-state index is 6.12. The topological polar surface area (TPSA) is 36.9 Å². The van der Waals surface area contributed by atoms with E-state index >= 15 is 0 Å². The molecule has 29 heavy (non-hydrogen) atoms. The molecule has 2 aliphatic rings. The Balaban J connectivity index is 1.89. The molecule has 4 nitrogen and oxygen atoms in total. The highest BCUT2D eigenvalue weighted by atomic mass is 32.1. The second-order valence-corrected chi connectivity index (χ2v) is 10.4. The summed E-state index contributed by atoms with van der Waals surface area (Å²) < 4.78 is 6.12. The van der Waals surface area contributed by atoms with Crippen LogP contribution >= 0.6 is 12.2 Å². The maximum Gasteiger partial charge on any atom is 0.175 e. The Morgan fingerprint density at radius 3 is 2.38 bits per heavy atom. The van der Waals surface area contributed by atoms with Crippen LogP contribution in [0.25, 0.3) is 0 Å². The molecule has 1 unspecified atom stereocenters. The van der Waals surface area contributed by atoms with Crippen LogP contribution in [-0.4, -0.2) is 40.6 Å². The van der Waals surface area contributed by atoms with E-state index in [9.17, 15) is 0 Å². The van der Waals surface area contributed by atoms with Crippen molar-refractivity contribution in [1.29, 1.82) is 0 Å². The molecule has 1 spiro atoms. The van der Waals surface area contributed by atoms with Gasteiger partial charge in [0.2, 0.25) is 0 Å². The lowest BCUT2D eigenvalue weighted by Gasteiger charge is -2.42. The zero-order chi connectivity index (χ0) is 21.1. The van der Waals surface area contributed by atoms with Gasteiger partial charge >= 0.3 is 0 Å². The van der Waals surface area contributed by atoms with Crippen molar-refractivity contribution in [3.63, 3.8) is 0 Å². The molecule has 3 rings (SSSR count). The molecule has 1 aromatic carbocycles. The molecule has 0 amide bonds. The standard InChI is InChI=1S/C24H37N3OS/c1-18(2)16-27-22(29)26-21(24(27)14-10-7-11-15-24)25-20(23(3,4)5)17-28-19-12-8-6-9-13-19/h6,8-9,12-13,18,20H,7,10-11,14-17H2,1-5H3,(H,25,26,29). The predicted octanol–water partition coefficient (Wildman–Crippen LogP) is 5.43. The first-order valence-corrected chi connectivity index (χ1v) is 11.5. The summed E-state index contributed by atoms with van der Waals surface area (Å²) in [6.07, 6.45) is 6.03. The second-order valence-electron chi connectivity index (χ2n) is 10.0. The van der Waals surface area contributed by atoms with Crippen LogP contribution in [0.3, 0.4) is 0 Å². The summed E-state index contributed by atoms with van der Waals surface area (Å²) in [5.74, 6) is 2.53. The first-order chi connectivity index (χ1) is 13.7. The Kier molecular flexibility index (Phi) is 6.87. The van der Waals surface area contributed by atoms with Gasteiger partial charge in [0.1, 0.15) is 18.2 Å². The number of rotatable bonds is 6. The maximum atomic E-state index is 6.12. The minimum absolute atomic E-state index is 0.00754. The van der Waals surface area contributed by atoms with Crippen molar-refractivity contribution >= 4 is 23.2 Å². The van der Waals surface area contributed by atoms with Crippen molar-refractivity contribution in [2.75, 3.05) is 13.2 Å². The summed E-state index contributed by atoms with van der Waals surface area (Å²) in [5.41, 5.74) is -0.0672. The Bertz CT molecular complexity index is 717. The Labute approximate surface area is 182 Å². The van der Waals surface area contributed by atoms with Crippen LogP contribution < -0.4 is 10.1 Å². The van der Waals surface area contributed by atoms with Gasteiger partial charge in [-0.05, 0) is 48.5 Å². The molecule has 1 aliphatic carbocycles. The average Bonchev–Trinajstić information content (AvgIpc) is 2.90. The SMILES string of the molecule is CC(C)CN1C(=S)NC(=NC(COc2ccccc2)C(C)(C)C)C12CCCCC2. The van der Waals surface area contributed by atoms with Crippen molar-refractivity contribution in [3.8, 4) is 5.75 Å². The number of hydrogen-bond acceptors (Lipinski definition) is 3. The number of amidine groups is 1. The van der Waals surface area contributed by atoms with Gasteiger partial charge in [-0.2, -0.15) is 0 Å². The van der Waals surface area contributed by atoms with Gasteiger partial charge in [0.05, 0.1) is 11.6 Å². The van der Waals surface area contributed by atoms with Crippen LogP contribution in [0.1, 0.15) is 66.7 Å². The quantitative estimate of drug-likeness (QED) is 0.629. The van der Waals surface area contributed by atoms with Crippen LogP contribution in [0.4, 0.5) is 0 Å².